The van der Waals surface area contributed by atoms with Crippen LogP contribution in [-0.4, -0.2) is 44.6 Å². The number of halogens is 4. The number of alkyl halides is 3. The molecule has 1 saturated carbocycles. The van der Waals surface area contributed by atoms with Gasteiger partial charge in [0.25, 0.3) is 0 Å². The summed E-state index contributed by atoms with van der Waals surface area (Å²) in [6.07, 6.45) is 2.46. The number of carboxylic acids is 1. The second-order valence-electron chi connectivity index (χ2n) is 8.77. The fraction of sp³-hybridized carbons (Fsp3) is 0.400. The summed E-state index contributed by atoms with van der Waals surface area (Å²) >= 11 is 1.61. The zero-order valence-electron chi connectivity index (χ0n) is 21.4. The minimum Gasteiger partial charge on any atom is -0.495 e. The summed E-state index contributed by atoms with van der Waals surface area (Å²) < 4.78 is 66.6. The molecule has 0 aliphatic heterocycles. The van der Waals surface area contributed by atoms with Gasteiger partial charge in [-0.3, -0.25) is 4.72 Å². The van der Waals surface area contributed by atoms with Gasteiger partial charge in [0, 0.05) is 6.04 Å². The number of ether oxygens (including phenoxy) is 1. The van der Waals surface area contributed by atoms with Crippen molar-refractivity contribution in [3.8, 4) is 16.2 Å². The quantitative estimate of drug-likeness (QED) is 0.214. The van der Waals surface area contributed by atoms with Crippen molar-refractivity contribution in [1.29, 1.82) is 0 Å². The Bertz CT molecular complexity index is 1330. The number of anilines is 2. The molecule has 3 N–H and O–H groups in total. The molecule has 2 heterocycles. The molecule has 4 rings (SSSR count). The van der Waals surface area contributed by atoms with Crippen LogP contribution in [-0.2, 0) is 15.8 Å². The first kappa shape index (κ1) is 30.3. The first-order valence-electron chi connectivity index (χ1n) is 11.9. The molecule has 0 saturated heterocycles. The highest BCUT2D eigenvalue weighted by atomic mass is 32.2. The Morgan fingerprint density at radius 2 is 1.85 bits per heavy atom. The van der Waals surface area contributed by atoms with Crippen molar-refractivity contribution in [2.45, 2.75) is 63.1 Å². The van der Waals surface area contributed by atoms with Crippen molar-refractivity contribution in [2.75, 3.05) is 17.1 Å². The van der Waals surface area contributed by atoms with Crippen LogP contribution < -0.4 is 14.8 Å². The van der Waals surface area contributed by atoms with E-state index < -0.39 is 29.1 Å². The van der Waals surface area contributed by atoms with E-state index in [1.54, 1.807) is 25.4 Å². The third kappa shape index (κ3) is 8.36. The third-order valence-corrected chi connectivity index (χ3v) is 8.14. The van der Waals surface area contributed by atoms with Crippen molar-refractivity contribution in [3.63, 3.8) is 0 Å². The van der Waals surface area contributed by atoms with Gasteiger partial charge >= 0.3 is 12.1 Å². The lowest BCUT2D eigenvalue weighted by atomic mass is 9.96. The smallest absolute Gasteiger partial charge is 0.490 e. The van der Waals surface area contributed by atoms with Crippen LogP contribution in [0.1, 0.15) is 43.4 Å². The summed E-state index contributed by atoms with van der Waals surface area (Å²) in [7, 11) is -0.0749. The molecule has 1 unspecified atom stereocenters. The minimum absolute atomic E-state index is 0.484. The topological polar surface area (TPSA) is 113 Å². The van der Waals surface area contributed by atoms with Gasteiger partial charge in [-0.05, 0) is 62.1 Å². The van der Waals surface area contributed by atoms with Gasteiger partial charge in [-0.25, -0.2) is 19.0 Å². The number of thiazole rings is 1. The number of pyridine rings is 1. The predicted octanol–water partition coefficient (Wildman–Crippen LogP) is 6.48. The molecule has 1 atom stereocenters. The van der Waals surface area contributed by atoms with Crippen LogP contribution in [0.25, 0.3) is 10.4 Å². The van der Waals surface area contributed by atoms with E-state index in [4.69, 9.17) is 19.6 Å². The van der Waals surface area contributed by atoms with Gasteiger partial charge < -0.3 is 15.2 Å². The van der Waals surface area contributed by atoms with Crippen molar-refractivity contribution in [1.82, 2.24) is 9.97 Å². The van der Waals surface area contributed by atoms with Crippen molar-refractivity contribution in [3.05, 3.63) is 47.7 Å². The Morgan fingerprint density at radius 1 is 1.18 bits per heavy atom. The number of nitrogens with one attached hydrogen (secondary N) is 2. The number of benzene rings is 1. The number of rotatable bonds is 7. The molecule has 0 spiro atoms. The molecule has 1 fully saturated rings. The van der Waals surface area contributed by atoms with E-state index in [1.165, 1.54) is 44.4 Å². The third-order valence-electron chi connectivity index (χ3n) is 5.88. The number of aromatic nitrogens is 2. The normalized spacial score (nSPS) is 14.6. The van der Waals surface area contributed by atoms with Gasteiger partial charge in [0.05, 0.1) is 29.6 Å². The first-order chi connectivity index (χ1) is 18.4. The molecule has 1 aliphatic carbocycles. The fourth-order valence-electron chi connectivity index (χ4n) is 3.89. The van der Waals surface area contributed by atoms with E-state index in [-0.39, 0.29) is 0 Å². The summed E-state index contributed by atoms with van der Waals surface area (Å²) in [4.78, 5) is 18.8. The Morgan fingerprint density at radius 3 is 2.44 bits per heavy atom. The highest BCUT2D eigenvalue weighted by Gasteiger charge is 2.38. The van der Waals surface area contributed by atoms with E-state index in [0.717, 1.165) is 21.3 Å². The molecule has 8 nitrogen and oxygen atoms in total. The molecule has 3 aromatic rings. The number of hydrogen-bond donors (Lipinski definition) is 3. The lowest BCUT2D eigenvalue weighted by molar-refractivity contribution is -0.192. The van der Waals surface area contributed by atoms with E-state index >= 15 is 0 Å². The average molecular weight is 589 g/mol. The Balaban J connectivity index is 0.000000532. The standard InChI is InChI=1S/C23H27FN4O2S2.C2HF3O2/c1-14-11-21(24)25-13-18(14)28-32(29)20-12-16(9-10-19(20)30-3)22-15(2)26-23(31-22)27-17-7-5-4-6-8-17;3-2(4,5)1(6)7/h9-13,17,28H,4-8H2,1-3H3,(H,26,27);(H,6,7). The molecule has 0 bridgehead atoms. The molecule has 39 heavy (non-hydrogen) atoms. The second-order valence-corrected chi connectivity index (χ2v) is 11.0. The molecule has 0 radical (unpaired) electrons. The molecule has 2 aromatic heterocycles. The molecular formula is C25H28F4N4O4S2. The Kier molecular flexibility index (Phi) is 10.2. The fourth-order valence-corrected chi connectivity index (χ4v) is 6.02. The molecule has 1 aliphatic rings. The van der Waals surface area contributed by atoms with Crippen LogP contribution in [0, 0.1) is 19.8 Å². The van der Waals surface area contributed by atoms with Crippen molar-refractivity contribution in [2.24, 2.45) is 0 Å². The number of carbonyl (C=O) groups is 1. The lowest BCUT2D eigenvalue weighted by Gasteiger charge is -2.22. The van der Waals surface area contributed by atoms with E-state index in [0.29, 0.717) is 27.9 Å². The van der Waals surface area contributed by atoms with Crippen molar-refractivity contribution >= 4 is 39.1 Å². The van der Waals surface area contributed by atoms with Gasteiger partial charge in [-0.2, -0.15) is 17.6 Å². The van der Waals surface area contributed by atoms with E-state index in [1.807, 2.05) is 25.1 Å². The number of hydrogen-bond acceptors (Lipinski definition) is 7. The van der Waals surface area contributed by atoms with Crippen LogP contribution in [0.15, 0.2) is 35.4 Å². The van der Waals surface area contributed by atoms with Crippen LogP contribution >= 0.6 is 11.3 Å². The number of methoxy groups -OCH3 is 1. The van der Waals surface area contributed by atoms with Gasteiger partial charge in [0.2, 0.25) is 5.95 Å². The molecular weight excluding hydrogens is 560 g/mol. The lowest BCUT2D eigenvalue weighted by Crippen LogP contribution is -2.21. The van der Waals surface area contributed by atoms with Crippen LogP contribution in [0.4, 0.5) is 28.4 Å². The largest absolute Gasteiger partial charge is 0.495 e. The maximum absolute atomic E-state index is 13.3. The van der Waals surface area contributed by atoms with Gasteiger partial charge in [0.15, 0.2) is 16.1 Å². The number of nitrogens with zero attached hydrogens (tertiary/aromatic N) is 2. The highest BCUT2D eigenvalue weighted by molar-refractivity contribution is 7.86. The summed E-state index contributed by atoms with van der Waals surface area (Å²) in [6, 6.07) is 7.41. The summed E-state index contributed by atoms with van der Waals surface area (Å²) in [5.74, 6) is -2.82. The monoisotopic (exact) mass is 588 g/mol. The zero-order valence-corrected chi connectivity index (χ0v) is 23.0. The van der Waals surface area contributed by atoms with Crippen molar-refractivity contribution < 1.29 is 36.4 Å². The van der Waals surface area contributed by atoms with Gasteiger partial charge in [0.1, 0.15) is 10.6 Å². The maximum Gasteiger partial charge on any atom is 0.490 e. The van der Waals surface area contributed by atoms with Crippen LogP contribution in [0.5, 0.6) is 5.75 Å². The summed E-state index contributed by atoms with van der Waals surface area (Å²) in [5, 5.41) is 11.6. The van der Waals surface area contributed by atoms with Gasteiger partial charge in [-0.15, -0.1) is 0 Å². The predicted molar refractivity (Wildman–Crippen MR) is 142 cm³/mol. The molecule has 212 valence electrons. The van der Waals surface area contributed by atoms with E-state index in [9.17, 15) is 21.8 Å². The van der Waals surface area contributed by atoms with Crippen LogP contribution in [0.2, 0.25) is 0 Å². The SMILES string of the molecule is COc1ccc(-c2sc(NC3CCCCC3)nc2C)cc1S(=O)Nc1cnc(F)cc1C.O=C(O)C(F)(F)F. The highest BCUT2D eigenvalue weighted by Crippen LogP contribution is 2.37. The van der Waals surface area contributed by atoms with E-state index in [2.05, 4.69) is 15.0 Å². The summed E-state index contributed by atoms with van der Waals surface area (Å²) in [5.41, 5.74) is 2.99. The Hall–Kier alpha value is -3.26. The molecule has 0 amide bonds. The number of aryl methyl sites for hydroxylation is 2. The molecule has 1 aromatic carbocycles. The average Bonchev–Trinajstić information content (AvgIpc) is 3.25. The molecule has 14 heteroatoms. The number of carboxylic acid groups (broad SMARTS) is 1. The van der Waals surface area contributed by atoms with Gasteiger partial charge in [-0.1, -0.05) is 30.6 Å². The Labute approximate surface area is 229 Å². The minimum atomic E-state index is -5.08. The zero-order chi connectivity index (χ0) is 28.7. The summed E-state index contributed by atoms with van der Waals surface area (Å²) in [6.45, 7) is 3.73. The maximum atomic E-state index is 13.3. The first-order valence-corrected chi connectivity index (χ1v) is 13.9. The number of aliphatic carboxylic acids is 1. The van der Waals surface area contributed by atoms with Crippen LogP contribution in [0.3, 0.4) is 0 Å². The second kappa shape index (κ2) is 13.2.